The summed E-state index contributed by atoms with van der Waals surface area (Å²) < 4.78 is 5.57. The molecule has 0 spiro atoms. The van der Waals surface area contributed by atoms with Crippen molar-refractivity contribution in [1.82, 2.24) is 15.5 Å². The van der Waals surface area contributed by atoms with E-state index in [4.69, 9.17) is 4.74 Å². The van der Waals surface area contributed by atoms with E-state index in [1.807, 2.05) is 48.5 Å². The highest BCUT2D eigenvalue weighted by atomic mass is 16.5. The number of aliphatic hydroxyl groups is 1. The molecular formula is C26H26N4O4. The quantitative estimate of drug-likeness (QED) is 0.445. The van der Waals surface area contributed by atoms with Gasteiger partial charge in [-0.3, -0.25) is 9.59 Å². The van der Waals surface area contributed by atoms with Gasteiger partial charge in [-0.15, -0.1) is 5.10 Å². The normalized spacial score (nSPS) is 19.5. The number of fused-ring (bicyclic) bond motifs is 3. The van der Waals surface area contributed by atoms with Crippen LogP contribution in [-0.4, -0.2) is 46.4 Å². The van der Waals surface area contributed by atoms with Gasteiger partial charge in [0, 0.05) is 18.7 Å². The van der Waals surface area contributed by atoms with Crippen LogP contribution in [0.2, 0.25) is 0 Å². The summed E-state index contributed by atoms with van der Waals surface area (Å²) in [7, 11) is 0. The molecule has 1 amide bonds. The van der Waals surface area contributed by atoms with Gasteiger partial charge in [-0.05, 0) is 53.8 Å². The molecule has 0 bridgehead atoms. The standard InChI is InChI=1S/C26H26N4O4/c31-16-34-23(26(33)20-9-3-1-7-17(20)18-8-2-4-10-21(18)26)15-19(22-11-5-13-27-22)25(32)29-24-12-6-14-28-30-24/h1-4,6-10,12,14,16,19,22-23,27,33H,5,11,13,15H2,(H,29,30,32)/t19?,22-,23?/m1/s1. The van der Waals surface area contributed by atoms with E-state index in [0.29, 0.717) is 23.4 Å². The number of nitrogens with zero attached hydrogens (tertiary/aromatic N) is 2. The van der Waals surface area contributed by atoms with Crippen LogP contribution >= 0.6 is 0 Å². The molecule has 1 aliphatic carbocycles. The molecule has 8 heteroatoms. The molecule has 2 heterocycles. The molecule has 2 unspecified atom stereocenters. The number of hydrogen-bond acceptors (Lipinski definition) is 7. The van der Waals surface area contributed by atoms with Crippen molar-refractivity contribution in [2.24, 2.45) is 5.92 Å². The zero-order valence-corrected chi connectivity index (χ0v) is 18.6. The molecule has 2 aliphatic rings. The maximum Gasteiger partial charge on any atom is 0.293 e. The highest BCUT2D eigenvalue weighted by Gasteiger charge is 2.50. The molecule has 174 valence electrons. The van der Waals surface area contributed by atoms with Crippen LogP contribution in [0.4, 0.5) is 5.82 Å². The van der Waals surface area contributed by atoms with E-state index in [1.54, 1.807) is 12.1 Å². The van der Waals surface area contributed by atoms with Crippen molar-refractivity contribution in [2.75, 3.05) is 11.9 Å². The molecule has 1 aliphatic heterocycles. The molecule has 34 heavy (non-hydrogen) atoms. The van der Waals surface area contributed by atoms with Gasteiger partial charge in [0.1, 0.15) is 6.10 Å². The van der Waals surface area contributed by atoms with Crippen LogP contribution < -0.4 is 10.6 Å². The highest BCUT2D eigenvalue weighted by Crippen LogP contribution is 2.51. The van der Waals surface area contributed by atoms with Crippen LogP contribution in [0.5, 0.6) is 0 Å². The Balaban J connectivity index is 1.52. The molecular weight excluding hydrogens is 432 g/mol. The Morgan fingerprint density at radius 1 is 1.15 bits per heavy atom. The number of carbonyl (C=O) groups excluding carboxylic acids is 2. The fraction of sp³-hybridized carbons (Fsp3) is 0.308. The summed E-state index contributed by atoms with van der Waals surface area (Å²) in [4.78, 5) is 25.0. The minimum absolute atomic E-state index is 0.120. The Hall–Kier alpha value is -3.62. The lowest BCUT2D eigenvalue weighted by molar-refractivity contribution is -0.150. The van der Waals surface area contributed by atoms with E-state index in [9.17, 15) is 14.7 Å². The minimum Gasteiger partial charge on any atom is -0.461 e. The fourth-order valence-corrected chi connectivity index (χ4v) is 5.31. The third kappa shape index (κ3) is 3.85. The third-order valence-corrected chi connectivity index (χ3v) is 6.86. The lowest BCUT2D eigenvalue weighted by atomic mass is 9.79. The maximum atomic E-state index is 13.4. The largest absolute Gasteiger partial charge is 0.461 e. The van der Waals surface area contributed by atoms with Gasteiger partial charge in [0.2, 0.25) is 5.91 Å². The van der Waals surface area contributed by atoms with Gasteiger partial charge in [0.05, 0.1) is 5.92 Å². The van der Waals surface area contributed by atoms with Gasteiger partial charge in [-0.25, -0.2) is 0 Å². The van der Waals surface area contributed by atoms with E-state index in [0.717, 1.165) is 30.5 Å². The summed E-state index contributed by atoms with van der Waals surface area (Å²) in [6, 6.07) is 18.4. The third-order valence-electron chi connectivity index (χ3n) is 6.86. The molecule has 2 aromatic carbocycles. The molecule has 0 radical (unpaired) electrons. The Kier molecular flexibility index (Phi) is 6.08. The summed E-state index contributed by atoms with van der Waals surface area (Å²) in [5.41, 5.74) is 1.52. The first-order valence-electron chi connectivity index (χ1n) is 11.5. The van der Waals surface area contributed by atoms with E-state index >= 15 is 0 Å². The zero-order chi connectivity index (χ0) is 23.5. The van der Waals surface area contributed by atoms with E-state index in [1.165, 1.54) is 6.20 Å². The molecule has 1 fully saturated rings. The molecule has 1 aromatic heterocycles. The number of carbonyl (C=O) groups is 2. The summed E-state index contributed by atoms with van der Waals surface area (Å²) in [5.74, 6) is -0.486. The lowest BCUT2D eigenvalue weighted by Gasteiger charge is -2.36. The van der Waals surface area contributed by atoms with E-state index in [-0.39, 0.29) is 18.4 Å². The van der Waals surface area contributed by atoms with Crippen molar-refractivity contribution in [3.05, 3.63) is 78.0 Å². The second-order valence-electron chi connectivity index (χ2n) is 8.72. The molecule has 8 nitrogen and oxygen atoms in total. The molecule has 3 aromatic rings. The lowest BCUT2D eigenvalue weighted by Crippen LogP contribution is -2.47. The summed E-state index contributed by atoms with van der Waals surface area (Å²) >= 11 is 0. The van der Waals surface area contributed by atoms with Crippen LogP contribution in [-0.2, 0) is 19.9 Å². The summed E-state index contributed by atoms with van der Waals surface area (Å²) in [5, 5.41) is 26.2. The van der Waals surface area contributed by atoms with Crippen LogP contribution in [0, 0.1) is 5.92 Å². The van der Waals surface area contributed by atoms with E-state index < -0.39 is 17.6 Å². The summed E-state index contributed by atoms with van der Waals surface area (Å²) in [6.45, 7) is 1.15. The van der Waals surface area contributed by atoms with Crippen LogP contribution in [0.25, 0.3) is 11.1 Å². The number of rotatable bonds is 8. The maximum absolute atomic E-state index is 13.4. The molecule has 1 saturated heterocycles. The van der Waals surface area contributed by atoms with Gasteiger partial charge in [0.15, 0.2) is 11.4 Å². The molecule has 0 saturated carbocycles. The summed E-state index contributed by atoms with van der Waals surface area (Å²) in [6.07, 6.45) is 2.42. The van der Waals surface area contributed by atoms with Gasteiger partial charge < -0.3 is 20.5 Å². The number of nitrogens with one attached hydrogen (secondary N) is 2. The van der Waals surface area contributed by atoms with Gasteiger partial charge in [-0.2, -0.15) is 5.10 Å². The first kappa shape index (κ1) is 22.2. The monoisotopic (exact) mass is 458 g/mol. The Bertz CT molecular complexity index is 1130. The van der Waals surface area contributed by atoms with Gasteiger partial charge in [0.25, 0.3) is 6.47 Å². The first-order valence-corrected chi connectivity index (χ1v) is 11.5. The minimum atomic E-state index is -1.59. The van der Waals surface area contributed by atoms with E-state index in [2.05, 4.69) is 20.8 Å². The Morgan fingerprint density at radius 3 is 2.44 bits per heavy atom. The van der Waals surface area contributed by atoms with Gasteiger partial charge >= 0.3 is 0 Å². The van der Waals surface area contributed by atoms with Crippen LogP contribution in [0.3, 0.4) is 0 Å². The predicted octanol–water partition coefficient (Wildman–Crippen LogP) is 2.63. The highest BCUT2D eigenvalue weighted by molar-refractivity contribution is 5.92. The Labute approximate surface area is 197 Å². The average Bonchev–Trinajstić information content (AvgIpc) is 3.49. The van der Waals surface area contributed by atoms with Crippen molar-refractivity contribution >= 4 is 18.2 Å². The second-order valence-corrected chi connectivity index (χ2v) is 8.72. The van der Waals surface area contributed by atoms with Crippen LogP contribution in [0.1, 0.15) is 30.4 Å². The second kappa shape index (κ2) is 9.32. The van der Waals surface area contributed by atoms with Crippen molar-refractivity contribution in [3.8, 4) is 11.1 Å². The number of ether oxygens (including phenoxy) is 1. The SMILES string of the molecule is O=COC(CC(C(=O)Nc1cccnn1)[C@H]1CCCN1)C1(O)c2ccccc2-c2ccccc21. The predicted molar refractivity (Wildman–Crippen MR) is 126 cm³/mol. The molecule has 3 N–H and O–H groups in total. The number of hydrogen-bond donors (Lipinski definition) is 3. The van der Waals surface area contributed by atoms with Crippen molar-refractivity contribution in [3.63, 3.8) is 0 Å². The number of benzene rings is 2. The topological polar surface area (TPSA) is 113 Å². The Morgan fingerprint density at radius 2 is 1.85 bits per heavy atom. The van der Waals surface area contributed by atoms with Crippen molar-refractivity contribution in [1.29, 1.82) is 0 Å². The zero-order valence-electron chi connectivity index (χ0n) is 18.6. The number of anilines is 1. The average molecular weight is 459 g/mol. The molecule has 5 rings (SSSR count). The fourth-order valence-electron chi connectivity index (χ4n) is 5.31. The van der Waals surface area contributed by atoms with Crippen molar-refractivity contribution in [2.45, 2.75) is 37.0 Å². The van der Waals surface area contributed by atoms with Crippen LogP contribution in [0.15, 0.2) is 66.9 Å². The number of aromatic nitrogens is 2. The number of amides is 1. The van der Waals surface area contributed by atoms with Gasteiger partial charge in [-0.1, -0.05) is 48.5 Å². The van der Waals surface area contributed by atoms with Crippen molar-refractivity contribution < 1.29 is 19.4 Å². The smallest absolute Gasteiger partial charge is 0.293 e. The first-order chi connectivity index (χ1) is 16.6. The molecule has 3 atom stereocenters.